The number of aromatic hydroxyl groups is 1. The Morgan fingerprint density at radius 1 is 1.24 bits per heavy atom. The van der Waals surface area contributed by atoms with E-state index in [0.717, 1.165) is 0 Å². The third-order valence-electron chi connectivity index (χ3n) is 4.84. The number of hydrazone groups is 1. The van der Waals surface area contributed by atoms with Crippen LogP contribution >= 0.6 is 12.6 Å². The molecule has 0 unspecified atom stereocenters. The van der Waals surface area contributed by atoms with E-state index in [2.05, 4.69) is 23.2 Å². The fourth-order valence-corrected chi connectivity index (χ4v) is 3.48. The SMILES string of the molecule is CC(C)(S)CC(=O)N/N=C1\CCOc2cc(OCCCC(=O)ON3C(=O)CCC3=O)cc(O)c21. The number of hydrogen-bond acceptors (Lipinski definition) is 10. The molecule has 1 fully saturated rings. The first-order valence-corrected chi connectivity index (χ1v) is 11.3. The Balaban J connectivity index is 1.54. The van der Waals surface area contributed by atoms with Gasteiger partial charge in [-0.05, 0) is 6.42 Å². The molecule has 12 heteroatoms. The van der Waals surface area contributed by atoms with Crippen LogP contribution in [0, 0.1) is 0 Å². The Morgan fingerprint density at radius 2 is 1.94 bits per heavy atom. The minimum Gasteiger partial charge on any atom is -0.507 e. The maximum Gasteiger partial charge on any atom is 0.333 e. The summed E-state index contributed by atoms with van der Waals surface area (Å²) in [6.45, 7) is 4.06. The van der Waals surface area contributed by atoms with Crippen molar-refractivity contribution in [2.75, 3.05) is 13.2 Å². The molecule has 1 aromatic rings. The van der Waals surface area contributed by atoms with E-state index >= 15 is 0 Å². The molecule has 11 nitrogen and oxygen atoms in total. The van der Waals surface area contributed by atoms with Crippen molar-refractivity contribution in [2.45, 2.75) is 57.1 Å². The van der Waals surface area contributed by atoms with Gasteiger partial charge in [-0.25, -0.2) is 10.2 Å². The molecule has 2 aliphatic rings. The molecule has 0 aromatic heterocycles. The number of carbonyl (C=O) groups excluding carboxylic acids is 4. The molecule has 2 aliphatic heterocycles. The number of nitrogens with one attached hydrogen (secondary N) is 1. The smallest absolute Gasteiger partial charge is 0.333 e. The number of benzene rings is 1. The number of ether oxygens (including phenoxy) is 2. The molecule has 184 valence electrons. The van der Waals surface area contributed by atoms with Crippen LogP contribution in [-0.2, 0) is 24.0 Å². The first-order valence-electron chi connectivity index (χ1n) is 10.8. The number of hydrogen-bond donors (Lipinski definition) is 3. The van der Waals surface area contributed by atoms with Gasteiger partial charge in [0.1, 0.15) is 17.2 Å². The Kier molecular flexibility index (Phi) is 8.02. The molecule has 0 atom stereocenters. The number of imide groups is 1. The van der Waals surface area contributed by atoms with Crippen molar-refractivity contribution in [1.82, 2.24) is 10.5 Å². The van der Waals surface area contributed by atoms with Gasteiger partial charge in [0.15, 0.2) is 0 Å². The Labute approximate surface area is 201 Å². The van der Waals surface area contributed by atoms with Crippen molar-refractivity contribution in [3.63, 3.8) is 0 Å². The van der Waals surface area contributed by atoms with E-state index in [-0.39, 0.29) is 50.4 Å². The zero-order valence-electron chi connectivity index (χ0n) is 19.0. The van der Waals surface area contributed by atoms with Crippen LogP contribution in [0.5, 0.6) is 17.2 Å². The second-order valence-corrected chi connectivity index (χ2v) is 9.70. The van der Waals surface area contributed by atoms with E-state index in [0.29, 0.717) is 40.9 Å². The summed E-state index contributed by atoms with van der Waals surface area (Å²) < 4.78 is 10.7. The van der Waals surface area contributed by atoms with Crippen LogP contribution in [0.4, 0.5) is 0 Å². The molecule has 3 amide bonds. The molecule has 0 saturated carbocycles. The van der Waals surface area contributed by atoms with E-state index in [1.54, 1.807) is 6.07 Å². The largest absolute Gasteiger partial charge is 0.507 e. The van der Waals surface area contributed by atoms with Gasteiger partial charge in [-0.3, -0.25) is 14.4 Å². The lowest BCUT2D eigenvalue weighted by atomic mass is 10.0. The summed E-state index contributed by atoms with van der Waals surface area (Å²) >= 11 is 4.33. The summed E-state index contributed by atoms with van der Waals surface area (Å²) in [7, 11) is 0. The number of phenols is 1. The van der Waals surface area contributed by atoms with Crippen LogP contribution in [0.15, 0.2) is 17.2 Å². The summed E-state index contributed by atoms with van der Waals surface area (Å²) in [5.41, 5.74) is 3.33. The zero-order valence-corrected chi connectivity index (χ0v) is 19.9. The van der Waals surface area contributed by atoms with Gasteiger partial charge in [0, 0.05) is 42.6 Å². The van der Waals surface area contributed by atoms with Gasteiger partial charge in [0.25, 0.3) is 11.8 Å². The van der Waals surface area contributed by atoms with Crippen molar-refractivity contribution in [2.24, 2.45) is 5.10 Å². The Hall–Kier alpha value is -3.28. The molecule has 1 aromatic carbocycles. The highest BCUT2D eigenvalue weighted by Gasteiger charge is 2.32. The fraction of sp³-hybridized carbons (Fsp3) is 0.500. The summed E-state index contributed by atoms with van der Waals surface area (Å²) in [4.78, 5) is 51.6. The molecular formula is C22H27N3O8S. The Bertz CT molecular complexity index is 1000. The van der Waals surface area contributed by atoms with E-state index in [1.807, 2.05) is 13.8 Å². The normalized spacial score (nSPS) is 16.8. The lowest BCUT2D eigenvalue weighted by Gasteiger charge is -2.21. The fourth-order valence-electron chi connectivity index (χ4n) is 3.33. The first-order chi connectivity index (χ1) is 16.0. The lowest BCUT2D eigenvalue weighted by Crippen LogP contribution is -2.32. The van der Waals surface area contributed by atoms with E-state index in [4.69, 9.17) is 14.3 Å². The average Bonchev–Trinajstić information content (AvgIpc) is 3.06. The highest BCUT2D eigenvalue weighted by atomic mass is 32.1. The molecule has 0 spiro atoms. The monoisotopic (exact) mass is 493 g/mol. The van der Waals surface area contributed by atoms with Crippen molar-refractivity contribution >= 4 is 42.0 Å². The van der Waals surface area contributed by atoms with E-state index in [1.165, 1.54) is 6.07 Å². The lowest BCUT2D eigenvalue weighted by molar-refractivity contribution is -0.197. The second-order valence-electron chi connectivity index (χ2n) is 8.49. The third-order valence-corrected chi connectivity index (χ3v) is 5.00. The predicted octanol–water partition coefficient (Wildman–Crippen LogP) is 1.86. The van der Waals surface area contributed by atoms with Crippen LogP contribution in [0.25, 0.3) is 0 Å². The molecule has 2 N–H and O–H groups in total. The number of fused-ring (bicyclic) bond motifs is 1. The molecule has 1 saturated heterocycles. The zero-order chi connectivity index (χ0) is 24.9. The highest BCUT2D eigenvalue weighted by molar-refractivity contribution is 7.81. The van der Waals surface area contributed by atoms with Crippen LogP contribution in [0.1, 0.15) is 57.9 Å². The maximum absolute atomic E-state index is 12.0. The summed E-state index contributed by atoms with van der Waals surface area (Å²) in [6.07, 6.45) is 0.832. The second kappa shape index (κ2) is 10.8. The minimum atomic E-state index is -0.715. The minimum absolute atomic E-state index is 0.0335. The van der Waals surface area contributed by atoms with Gasteiger partial charge in [-0.1, -0.05) is 13.8 Å². The van der Waals surface area contributed by atoms with Crippen LogP contribution < -0.4 is 14.9 Å². The number of rotatable bonds is 9. The summed E-state index contributed by atoms with van der Waals surface area (Å²) in [5, 5.41) is 15.2. The molecule has 3 rings (SSSR count). The van der Waals surface area contributed by atoms with Gasteiger partial charge >= 0.3 is 5.97 Å². The number of thiol groups is 1. The Morgan fingerprint density at radius 3 is 2.62 bits per heavy atom. The molecule has 0 aliphatic carbocycles. The third kappa shape index (κ3) is 6.86. The van der Waals surface area contributed by atoms with Crippen LogP contribution in [0.2, 0.25) is 0 Å². The van der Waals surface area contributed by atoms with Crippen molar-refractivity contribution < 1.29 is 38.6 Å². The number of nitrogens with zero attached hydrogens (tertiary/aromatic N) is 2. The topological polar surface area (TPSA) is 144 Å². The highest BCUT2D eigenvalue weighted by Crippen LogP contribution is 2.37. The summed E-state index contributed by atoms with van der Waals surface area (Å²) in [6, 6.07) is 2.98. The number of hydroxylamine groups is 2. The van der Waals surface area contributed by atoms with Crippen molar-refractivity contribution in [3.05, 3.63) is 17.7 Å². The predicted molar refractivity (Wildman–Crippen MR) is 122 cm³/mol. The number of amides is 3. The molecular weight excluding hydrogens is 466 g/mol. The molecule has 0 radical (unpaired) electrons. The van der Waals surface area contributed by atoms with Crippen molar-refractivity contribution in [1.29, 1.82) is 0 Å². The van der Waals surface area contributed by atoms with E-state index in [9.17, 15) is 24.3 Å². The van der Waals surface area contributed by atoms with Gasteiger partial charge in [0.05, 0.1) is 30.9 Å². The van der Waals surface area contributed by atoms with E-state index < -0.39 is 22.5 Å². The molecule has 2 heterocycles. The van der Waals surface area contributed by atoms with Gasteiger partial charge < -0.3 is 19.4 Å². The van der Waals surface area contributed by atoms with Gasteiger partial charge in [-0.15, -0.1) is 5.06 Å². The first kappa shape index (κ1) is 25.3. The van der Waals surface area contributed by atoms with Crippen molar-refractivity contribution in [3.8, 4) is 17.2 Å². The molecule has 0 bridgehead atoms. The number of carbonyl (C=O) groups is 4. The standard InChI is InChI=1S/C22H27N3O8S/c1-22(2,34)12-17(27)24-23-14-7-9-32-16-11-13(10-15(26)21(14)16)31-8-3-4-20(30)33-25-18(28)5-6-19(25)29/h10-11,26,34H,3-9,12H2,1-2H3,(H,24,27)/b23-14+. The molecule has 34 heavy (non-hydrogen) atoms. The quantitative estimate of drug-likeness (QED) is 0.205. The number of phenolic OH excluding ortho intramolecular Hbond substituents is 1. The van der Waals surface area contributed by atoms with Gasteiger partial charge in [0.2, 0.25) is 5.91 Å². The average molecular weight is 494 g/mol. The van der Waals surface area contributed by atoms with Gasteiger partial charge in [-0.2, -0.15) is 17.7 Å². The summed E-state index contributed by atoms with van der Waals surface area (Å²) in [5.74, 6) is -1.53. The maximum atomic E-state index is 12.0. The van der Waals surface area contributed by atoms with Crippen LogP contribution in [-0.4, -0.2) is 57.5 Å². The van der Waals surface area contributed by atoms with Crippen LogP contribution in [0.3, 0.4) is 0 Å².